The Hall–Kier alpha value is -2.86. The van der Waals surface area contributed by atoms with Gasteiger partial charge in [0.2, 0.25) is 5.91 Å². The van der Waals surface area contributed by atoms with Gasteiger partial charge >= 0.3 is 0 Å². The first-order valence-corrected chi connectivity index (χ1v) is 16.0. The fourth-order valence-electron chi connectivity index (χ4n) is 5.48. The number of thiophene rings is 1. The van der Waals surface area contributed by atoms with Crippen LogP contribution in [0, 0.1) is 0 Å². The lowest BCUT2D eigenvalue weighted by Gasteiger charge is -2.34. The molecule has 4 aromatic rings. The SMILES string of the molecule is COCCNCCC(=O)Nc1sc2c(c1-c1nc3cc(-c4ccc(N5CCN(C)CC5)cc4)ccc3s1)CCNC2. The molecule has 0 spiro atoms. The molecule has 2 aliphatic heterocycles. The minimum atomic E-state index is 0.0196. The predicted octanol–water partition coefficient (Wildman–Crippen LogP) is 4.65. The molecule has 216 valence electrons. The number of thiazole rings is 1. The molecule has 8 nitrogen and oxygen atoms in total. The van der Waals surface area contributed by atoms with Crippen molar-refractivity contribution in [2.24, 2.45) is 0 Å². The molecule has 6 rings (SSSR count). The number of aromatic nitrogens is 1. The van der Waals surface area contributed by atoms with Gasteiger partial charge in [-0.1, -0.05) is 18.2 Å². The van der Waals surface area contributed by atoms with Crippen molar-refractivity contribution in [1.29, 1.82) is 0 Å². The molecular formula is C31H38N6O2S2. The maximum absolute atomic E-state index is 12.8. The zero-order valence-electron chi connectivity index (χ0n) is 23.8. The van der Waals surface area contributed by atoms with E-state index in [0.717, 1.165) is 78.0 Å². The molecule has 1 amide bonds. The topological polar surface area (TPSA) is 81.8 Å². The number of methoxy groups -OCH3 is 1. The van der Waals surface area contributed by atoms with Gasteiger partial charge in [0.1, 0.15) is 10.0 Å². The van der Waals surface area contributed by atoms with Crippen molar-refractivity contribution in [3.05, 3.63) is 52.9 Å². The highest BCUT2D eigenvalue weighted by atomic mass is 32.1. The number of hydrogen-bond acceptors (Lipinski definition) is 9. The third-order valence-electron chi connectivity index (χ3n) is 7.86. The summed E-state index contributed by atoms with van der Waals surface area (Å²) in [5, 5.41) is 11.8. The van der Waals surface area contributed by atoms with Crippen LogP contribution in [0.2, 0.25) is 0 Å². The summed E-state index contributed by atoms with van der Waals surface area (Å²) in [6.07, 6.45) is 1.36. The molecule has 3 N–H and O–H groups in total. The summed E-state index contributed by atoms with van der Waals surface area (Å²) in [5.41, 5.74) is 7.08. The van der Waals surface area contributed by atoms with Crippen molar-refractivity contribution < 1.29 is 9.53 Å². The van der Waals surface area contributed by atoms with Crippen LogP contribution < -0.4 is 20.9 Å². The number of amides is 1. The Labute approximate surface area is 249 Å². The molecule has 4 heterocycles. The molecule has 1 fully saturated rings. The maximum Gasteiger partial charge on any atom is 0.226 e. The zero-order valence-corrected chi connectivity index (χ0v) is 25.4. The number of rotatable bonds is 10. The second-order valence-electron chi connectivity index (χ2n) is 10.7. The van der Waals surface area contributed by atoms with Crippen LogP contribution in [0.15, 0.2) is 42.5 Å². The van der Waals surface area contributed by atoms with Gasteiger partial charge in [-0.2, -0.15) is 0 Å². The number of anilines is 2. The molecule has 2 aromatic heterocycles. The molecule has 0 unspecified atom stereocenters. The van der Waals surface area contributed by atoms with E-state index in [1.165, 1.54) is 27.3 Å². The first-order valence-electron chi connectivity index (χ1n) is 14.4. The van der Waals surface area contributed by atoms with Crippen molar-refractivity contribution >= 4 is 49.5 Å². The van der Waals surface area contributed by atoms with Gasteiger partial charge in [0.15, 0.2) is 0 Å². The van der Waals surface area contributed by atoms with Crippen LogP contribution in [0.5, 0.6) is 0 Å². The standard InChI is InChI=1S/C31H38N6O2S2/c1-36-14-16-37(17-15-36)23-6-3-21(4-7-23)22-5-8-26-25(19-22)34-30(40-26)29-24-9-11-33-20-27(24)41-31(29)35-28(38)10-12-32-13-18-39-2/h3-8,19,32-33H,9-18,20H2,1-2H3,(H,35,38). The van der Waals surface area contributed by atoms with E-state index in [1.54, 1.807) is 29.8 Å². The Bertz CT molecular complexity index is 1490. The number of nitrogens with one attached hydrogen (secondary N) is 3. The highest BCUT2D eigenvalue weighted by molar-refractivity contribution is 7.23. The molecule has 1 saturated heterocycles. The van der Waals surface area contributed by atoms with E-state index in [9.17, 15) is 4.79 Å². The predicted molar refractivity (Wildman–Crippen MR) is 171 cm³/mol. The number of carbonyl (C=O) groups excluding carboxylic acids is 1. The Morgan fingerprint density at radius 1 is 1.05 bits per heavy atom. The minimum absolute atomic E-state index is 0.0196. The minimum Gasteiger partial charge on any atom is -0.383 e. The van der Waals surface area contributed by atoms with Gasteiger partial charge in [0.05, 0.1) is 16.8 Å². The van der Waals surface area contributed by atoms with Crippen LogP contribution in [-0.4, -0.2) is 82.4 Å². The van der Waals surface area contributed by atoms with E-state index in [1.807, 2.05) is 0 Å². The Kier molecular flexibility index (Phi) is 8.95. The van der Waals surface area contributed by atoms with Crippen molar-refractivity contribution in [2.45, 2.75) is 19.4 Å². The molecule has 0 atom stereocenters. The van der Waals surface area contributed by atoms with Crippen molar-refractivity contribution in [1.82, 2.24) is 20.5 Å². The highest BCUT2D eigenvalue weighted by Crippen LogP contribution is 2.45. The molecular weight excluding hydrogens is 553 g/mol. The third kappa shape index (κ3) is 6.48. The Morgan fingerprint density at radius 3 is 2.66 bits per heavy atom. The summed E-state index contributed by atoms with van der Waals surface area (Å²) in [4.78, 5) is 24.1. The first-order chi connectivity index (χ1) is 20.1. The Balaban J connectivity index is 1.22. The second kappa shape index (κ2) is 13.0. The molecule has 2 aliphatic rings. The third-order valence-corrected chi connectivity index (χ3v) is 10.1. The molecule has 0 bridgehead atoms. The quantitative estimate of drug-likeness (QED) is 0.232. The summed E-state index contributed by atoms with van der Waals surface area (Å²) < 4.78 is 6.23. The average molecular weight is 591 g/mol. The van der Waals surface area contributed by atoms with Gasteiger partial charge in [-0.25, -0.2) is 4.98 Å². The van der Waals surface area contributed by atoms with E-state index in [4.69, 9.17) is 9.72 Å². The van der Waals surface area contributed by atoms with Gasteiger partial charge in [0, 0.05) is 75.5 Å². The van der Waals surface area contributed by atoms with Gasteiger partial charge in [-0.3, -0.25) is 4.79 Å². The van der Waals surface area contributed by atoms with E-state index in [-0.39, 0.29) is 5.91 Å². The lowest BCUT2D eigenvalue weighted by atomic mass is 10.0. The molecule has 0 aliphatic carbocycles. The number of fused-ring (bicyclic) bond motifs is 2. The normalized spacial score (nSPS) is 15.8. The lowest BCUT2D eigenvalue weighted by Crippen LogP contribution is -2.44. The summed E-state index contributed by atoms with van der Waals surface area (Å²) in [6.45, 7) is 8.11. The fourth-order valence-corrected chi connectivity index (χ4v) is 7.81. The van der Waals surface area contributed by atoms with Gasteiger partial charge in [-0.15, -0.1) is 22.7 Å². The number of carbonyl (C=O) groups is 1. The zero-order chi connectivity index (χ0) is 28.2. The smallest absolute Gasteiger partial charge is 0.226 e. The average Bonchev–Trinajstić information content (AvgIpc) is 3.57. The van der Waals surface area contributed by atoms with Gasteiger partial charge < -0.3 is 30.5 Å². The summed E-state index contributed by atoms with van der Waals surface area (Å²) in [7, 11) is 3.87. The molecule has 41 heavy (non-hydrogen) atoms. The van der Waals surface area contributed by atoms with Crippen LogP contribution in [-0.2, 0) is 22.5 Å². The second-order valence-corrected chi connectivity index (χ2v) is 12.9. The highest BCUT2D eigenvalue weighted by Gasteiger charge is 2.25. The number of hydrogen-bond donors (Lipinski definition) is 3. The van der Waals surface area contributed by atoms with Gasteiger partial charge in [-0.05, 0) is 61.0 Å². The lowest BCUT2D eigenvalue weighted by molar-refractivity contribution is -0.116. The number of piperazine rings is 1. The van der Waals surface area contributed by atoms with E-state index in [0.29, 0.717) is 19.6 Å². The summed E-state index contributed by atoms with van der Waals surface area (Å²) in [6, 6.07) is 15.5. The monoisotopic (exact) mass is 590 g/mol. The Morgan fingerprint density at radius 2 is 1.85 bits per heavy atom. The van der Waals surface area contributed by atoms with Crippen LogP contribution in [0.4, 0.5) is 10.7 Å². The van der Waals surface area contributed by atoms with E-state index in [2.05, 4.69) is 75.3 Å². The molecule has 2 aromatic carbocycles. The van der Waals surface area contributed by atoms with Crippen LogP contribution in [0.1, 0.15) is 16.9 Å². The van der Waals surface area contributed by atoms with E-state index >= 15 is 0 Å². The van der Waals surface area contributed by atoms with Crippen molar-refractivity contribution in [3.63, 3.8) is 0 Å². The van der Waals surface area contributed by atoms with Crippen LogP contribution in [0.3, 0.4) is 0 Å². The van der Waals surface area contributed by atoms with Crippen LogP contribution in [0.25, 0.3) is 31.9 Å². The largest absolute Gasteiger partial charge is 0.383 e. The van der Waals surface area contributed by atoms with Crippen LogP contribution >= 0.6 is 22.7 Å². The molecule has 0 saturated carbocycles. The molecule has 0 radical (unpaired) electrons. The van der Waals surface area contributed by atoms with Gasteiger partial charge in [0.25, 0.3) is 0 Å². The summed E-state index contributed by atoms with van der Waals surface area (Å²) in [5.74, 6) is 0.0196. The molecule has 10 heteroatoms. The number of likely N-dealkylation sites (N-methyl/N-ethyl adjacent to an activating group) is 1. The van der Waals surface area contributed by atoms with Crippen molar-refractivity contribution in [2.75, 3.05) is 76.8 Å². The van der Waals surface area contributed by atoms with E-state index < -0.39 is 0 Å². The number of benzene rings is 2. The maximum atomic E-state index is 12.8. The first kappa shape index (κ1) is 28.3. The summed E-state index contributed by atoms with van der Waals surface area (Å²) >= 11 is 3.39. The van der Waals surface area contributed by atoms with Crippen molar-refractivity contribution in [3.8, 4) is 21.7 Å². The number of nitrogens with zero attached hydrogens (tertiary/aromatic N) is 3. The fraction of sp³-hybridized carbons (Fsp3) is 0.419. The number of ether oxygens (including phenoxy) is 1.